The van der Waals surface area contributed by atoms with E-state index < -0.39 is 0 Å². The Morgan fingerprint density at radius 3 is 2.82 bits per heavy atom. The largest absolute Gasteiger partial charge is 0.474 e. The van der Waals surface area contributed by atoms with Crippen molar-refractivity contribution in [1.29, 1.82) is 0 Å². The number of primary amides is 1. The second-order valence-corrected chi connectivity index (χ2v) is 9.01. The smallest absolute Gasteiger partial charge is 0.225 e. The molecule has 4 rings (SSSR count). The molecule has 1 atom stereocenters. The quantitative estimate of drug-likeness (QED) is 0.764. The molecule has 2 N–H and O–H groups in total. The van der Waals surface area contributed by atoms with Crippen molar-refractivity contribution >= 4 is 27.5 Å². The zero-order chi connectivity index (χ0) is 19.7. The fraction of sp³-hybridized carbons (Fsp3) is 0.650. The lowest BCUT2D eigenvalue weighted by molar-refractivity contribution is -0.118. The molecule has 2 aromatic heterocycles. The van der Waals surface area contributed by atoms with E-state index in [4.69, 9.17) is 10.5 Å². The maximum absolute atomic E-state index is 12.6. The zero-order valence-corrected chi connectivity index (χ0v) is 17.0. The van der Waals surface area contributed by atoms with Crippen molar-refractivity contribution in [3.8, 4) is 5.88 Å². The van der Waals surface area contributed by atoms with Crippen LogP contribution >= 0.6 is 11.3 Å². The third kappa shape index (κ3) is 3.85. The van der Waals surface area contributed by atoms with E-state index in [-0.39, 0.29) is 24.6 Å². The molecule has 2 aliphatic rings. The van der Waals surface area contributed by atoms with E-state index in [0.29, 0.717) is 24.9 Å². The van der Waals surface area contributed by atoms with Crippen molar-refractivity contribution in [2.75, 3.05) is 20.3 Å². The summed E-state index contributed by atoms with van der Waals surface area (Å²) in [7, 11) is 1.99. The van der Waals surface area contributed by atoms with Gasteiger partial charge in [-0.15, -0.1) is 11.3 Å². The van der Waals surface area contributed by atoms with Gasteiger partial charge in [0.05, 0.1) is 5.39 Å². The lowest BCUT2D eigenvalue weighted by Gasteiger charge is -2.34. The molecule has 6 nitrogen and oxygen atoms in total. The highest BCUT2D eigenvalue weighted by Crippen LogP contribution is 2.47. The van der Waals surface area contributed by atoms with E-state index in [1.807, 2.05) is 7.05 Å². The van der Waals surface area contributed by atoms with Crippen LogP contribution < -0.4 is 10.5 Å². The van der Waals surface area contributed by atoms with Gasteiger partial charge in [0, 0.05) is 23.9 Å². The van der Waals surface area contributed by atoms with E-state index in [0.717, 1.165) is 48.7 Å². The molecule has 1 fully saturated rings. The minimum Gasteiger partial charge on any atom is -0.474 e. The molecule has 0 bridgehead atoms. The number of nitrogens with two attached hydrogens (primary N) is 1. The number of thiophene rings is 1. The maximum Gasteiger partial charge on any atom is 0.225 e. The summed E-state index contributed by atoms with van der Waals surface area (Å²) in [5.74, 6) is 0.506. The van der Waals surface area contributed by atoms with Gasteiger partial charge < -0.3 is 15.4 Å². The number of rotatable bonds is 7. The summed E-state index contributed by atoms with van der Waals surface area (Å²) in [5.41, 5.74) is 6.64. The highest BCUT2D eigenvalue weighted by molar-refractivity contribution is 7.19. The first-order valence-electron chi connectivity index (χ1n) is 10.0. The van der Waals surface area contributed by atoms with Gasteiger partial charge in [-0.05, 0) is 57.1 Å². The van der Waals surface area contributed by atoms with E-state index in [2.05, 4.69) is 14.9 Å². The van der Waals surface area contributed by atoms with E-state index in [1.165, 1.54) is 10.4 Å². The number of alkyl halides is 1. The van der Waals surface area contributed by atoms with Crippen molar-refractivity contribution in [1.82, 2.24) is 14.9 Å². The molecular formula is C20H27FN4O2S. The fourth-order valence-electron chi connectivity index (χ4n) is 4.65. The maximum atomic E-state index is 12.6. The van der Waals surface area contributed by atoms with Crippen LogP contribution in [0.1, 0.15) is 54.9 Å². The first kappa shape index (κ1) is 19.5. The van der Waals surface area contributed by atoms with Gasteiger partial charge in [0.25, 0.3) is 0 Å². The first-order valence-corrected chi connectivity index (χ1v) is 10.9. The Bertz CT molecular complexity index is 850. The van der Waals surface area contributed by atoms with Gasteiger partial charge in [-0.3, -0.25) is 4.79 Å². The Kier molecular flexibility index (Phi) is 5.78. The van der Waals surface area contributed by atoms with Crippen LogP contribution in [-0.2, 0) is 11.2 Å². The number of hydrogen-bond donors (Lipinski definition) is 1. The van der Waals surface area contributed by atoms with Crippen molar-refractivity contribution in [2.24, 2.45) is 5.73 Å². The number of ether oxygens (including phenoxy) is 1. The average Bonchev–Trinajstić information content (AvgIpc) is 3.22. The Labute approximate surface area is 168 Å². The molecule has 1 amide bonds. The lowest BCUT2D eigenvalue weighted by Crippen LogP contribution is -2.38. The highest BCUT2D eigenvalue weighted by Gasteiger charge is 2.32. The van der Waals surface area contributed by atoms with Crippen LogP contribution in [0.2, 0.25) is 0 Å². The number of hydrogen-bond acceptors (Lipinski definition) is 6. The van der Waals surface area contributed by atoms with E-state index >= 15 is 0 Å². The Morgan fingerprint density at radius 1 is 1.32 bits per heavy atom. The predicted octanol–water partition coefficient (Wildman–Crippen LogP) is 3.19. The Balaban J connectivity index is 1.52. The molecule has 8 heteroatoms. The molecule has 0 saturated heterocycles. The van der Waals surface area contributed by atoms with Gasteiger partial charge in [0.15, 0.2) is 0 Å². The van der Waals surface area contributed by atoms with Crippen LogP contribution in [0.3, 0.4) is 0 Å². The predicted molar refractivity (Wildman–Crippen MR) is 108 cm³/mol. The summed E-state index contributed by atoms with van der Waals surface area (Å²) in [5, 5.41) is 0.975. The molecule has 152 valence electrons. The van der Waals surface area contributed by atoms with E-state index in [1.54, 1.807) is 17.7 Å². The number of halogens is 1. The first-order chi connectivity index (χ1) is 13.6. The number of aryl methyl sites for hydroxylation is 1. The molecule has 2 aromatic rings. The lowest BCUT2D eigenvalue weighted by atomic mass is 9.92. The van der Waals surface area contributed by atoms with Crippen molar-refractivity contribution in [3.63, 3.8) is 0 Å². The molecule has 0 unspecified atom stereocenters. The SMILES string of the molecule is CN(CCF)C1CCC(Oc2ncnc3sc4c(c23)[C@@H](CC(N)=O)CC4)CC1. The molecule has 2 heterocycles. The van der Waals surface area contributed by atoms with Crippen molar-refractivity contribution < 1.29 is 13.9 Å². The summed E-state index contributed by atoms with van der Waals surface area (Å²) in [6, 6.07) is 0.423. The van der Waals surface area contributed by atoms with Gasteiger partial charge in [-0.2, -0.15) is 0 Å². The molecule has 28 heavy (non-hydrogen) atoms. The molecule has 2 aliphatic carbocycles. The minimum atomic E-state index is -0.304. The third-order valence-electron chi connectivity index (χ3n) is 6.13. The van der Waals surface area contributed by atoms with Gasteiger partial charge in [0.1, 0.15) is 23.9 Å². The van der Waals surface area contributed by atoms with Gasteiger partial charge in [-0.25, -0.2) is 14.4 Å². The van der Waals surface area contributed by atoms with Crippen molar-refractivity contribution in [2.45, 2.75) is 63.0 Å². The van der Waals surface area contributed by atoms with Crippen LogP contribution in [0.25, 0.3) is 10.2 Å². The normalized spacial score (nSPS) is 24.6. The molecule has 1 saturated carbocycles. The third-order valence-corrected chi connectivity index (χ3v) is 7.30. The summed E-state index contributed by atoms with van der Waals surface area (Å²) in [6.45, 7) is 0.187. The molecule has 0 aliphatic heterocycles. The molecule has 0 aromatic carbocycles. The van der Waals surface area contributed by atoms with Crippen molar-refractivity contribution in [3.05, 3.63) is 16.8 Å². The van der Waals surface area contributed by atoms with Gasteiger partial charge in [0.2, 0.25) is 11.8 Å². The number of aromatic nitrogens is 2. The summed E-state index contributed by atoms with van der Waals surface area (Å²) < 4.78 is 18.9. The second-order valence-electron chi connectivity index (χ2n) is 7.92. The standard InChI is InChI=1S/C20H27FN4O2S/c1-25(9-8-21)13-3-5-14(6-4-13)27-19-18-17-12(10-16(22)26)2-7-15(17)28-20(18)24-11-23-19/h11-14H,2-10H2,1H3,(H2,22,26)/t12-,13?,14?/m1/s1. The summed E-state index contributed by atoms with van der Waals surface area (Å²) in [4.78, 5) is 24.7. The number of nitrogens with zero attached hydrogens (tertiary/aromatic N) is 3. The monoisotopic (exact) mass is 406 g/mol. The summed E-state index contributed by atoms with van der Waals surface area (Å²) >= 11 is 1.68. The van der Waals surface area contributed by atoms with Crippen LogP contribution in [0, 0.1) is 0 Å². The number of fused-ring (bicyclic) bond motifs is 3. The van der Waals surface area contributed by atoms with Crippen LogP contribution in [0.5, 0.6) is 5.88 Å². The minimum absolute atomic E-state index is 0.111. The van der Waals surface area contributed by atoms with Crippen LogP contribution in [0.4, 0.5) is 4.39 Å². The highest BCUT2D eigenvalue weighted by atomic mass is 32.1. The summed E-state index contributed by atoms with van der Waals surface area (Å²) in [6.07, 6.45) is 7.81. The van der Waals surface area contributed by atoms with Gasteiger partial charge >= 0.3 is 0 Å². The number of carbonyl (C=O) groups excluding carboxylic acids is 1. The van der Waals surface area contributed by atoms with Crippen LogP contribution in [-0.4, -0.2) is 53.2 Å². The Morgan fingerprint density at radius 2 is 2.11 bits per heavy atom. The molecular weight excluding hydrogens is 379 g/mol. The fourth-order valence-corrected chi connectivity index (χ4v) is 5.89. The topological polar surface area (TPSA) is 81.3 Å². The van der Waals surface area contributed by atoms with E-state index in [9.17, 15) is 9.18 Å². The average molecular weight is 407 g/mol. The van der Waals surface area contributed by atoms with Crippen LogP contribution in [0.15, 0.2) is 6.33 Å². The molecule has 0 radical (unpaired) electrons. The number of carbonyl (C=O) groups is 1. The zero-order valence-electron chi connectivity index (χ0n) is 16.2. The Hall–Kier alpha value is -1.80. The molecule has 0 spiro atoms. The van der Waals surface area contributed by atoms with Gasteiger partial charge in [-0.1, -0.05) is 0 Å². The number of amides is 1. The second kappa shape index (κ2) is 8.29.